The van der Waals surface area contributed by atoms with Gasteiger partial charge < -0.3 is 5.11 Å². The van der Waals surface area contributed by atoms with Crippen LogP contribution in [0.3, 0.4) is 0 Å². The summed E-state index contributed by atoms with van der Waals surface area (Å²) in [5.41, 5.74) is 1.54. The Hall–Kier alpha value is -0.630. The van der Waals surface area contributed by atoms with Crippen molar-refractivity contribution in [3.05, 3.63) is 28.2 Å². The fraction of sp³-hybridized carbons (Fsp3) is 0.538. The fourth-order valence-electron chi connectivity index (χ4n) is 2.25. The number of hydrogen-bond donors (Lipinski definition) is 2. The molecule has 20 heavy (non-hydrogen) atoms. The van der Waals surface area contributed by atoms with E-state index in [-0.39, 0.29) is 12.5 Å². The number of hydrogen-bond acceptors (Lipinski definition) is 3. The normalized spacial score (nSPS) is 18.1. The van der Waals surface area contributed by atoms with Gasteiger partial charge in [-0.05, 0) is 49.4 Å². The van der Waals surface area contributed by atoms with E-state index in [4.69, 9.17) is 5.11 Å². The summed E-state index contributed by atoms with van der Waals surface area (Å²) in [6.07, 6.45) is 1.41. The lowest BCUT2D eigenvalue weighted by atomic mass is 10.00. The molecule has 0 amide bonds. The van der Waals surface area contributed by atoms with Gasteiger partial charge in [0.05, 0.1) is 5.69 Å². The Morgan fingerprint density at radius 3 is 2.60 bits per heavy atom. The van der Waals surface area contributed by atoms with Crippen LogP contribution in [0.5, 0.6) is 0 Å². The summed E-state index contributed by atoms with van der Waals surface area (Å²) >= 11 is 3.39. The van der Waals surface area contributed by atoms with Crippen molar-refractivity contribution in [3.8, 4) is 0 Å². The maximum atomic E-state index is 12.3. The van der Waals surface area contributed by atoms with Gasteiger partial charge in [-0.1, -0.05) is 15.9 Å². The van der Waals surface area contributed by atoms with Gasteiger partial charge in [-0.3, -0.25) is 4.72 Å². The van der Waals surface area contributed by atoms with Gasteiger partial charge in [0.1, 0.15) is 0 Å². The molecule has 0 unspecified atom stereocenters. The van der Waals surface area contributed by atoms with E-state index in [9.17, 15) is 8.42 Å². The molecule has 112 valence electrons. The highest BCUT2D eigenvalue weighted by Crippen LogP contribution is 2.23. The second-order valence-electron chi connectivity index (χ2n) is 5.10. The third-order valence-corrected chi connectivity index (χ3v) is 6.00. The number of nitrogens with zero attached hydrogens (tertiary/aromatic N) is 1. The van der Waals surface area contributed by atoms with Gasteiger partial charge in [0.25, 0.3) is 0 Å². The van der Waals surface area contributed by atoms with Gasteiger partial charge in [-0.15, -0.1) is 0 Å². The van der Waals surface area contributed by atoms with Crippen LogP contribution in [0.2, 0.25) is 0 Å². The summed E-state index contributed by atoms with van der Waals surface area (Å²) in [6, 6.07) is 5.35. The average molecular weight is 363 g/mol. The molecule has 0 bridgehead atoms. The molecule has 1 aromatic rings. The smallest absolute Gasteiger partial charge is 0.301 e. The van der Waals surface area contributed by atoms with Crippen molar-refractivity contribution in [2.45, 2.75) is 19.8 Å². The summed E-state index contributed by atoms with van der Waals surface area (Å²) in [4.78, 5) is 0. The maximum Gasteiger partial charge on any atom is 0.301 e. The van der Waals surface area contributed by atoms with E-state index in [0.717, 1.165) is 10.0 Å². The Morgan fingerprint density at radius 2 is 2.05 bits per heavy atom. The van der Waals surface area contributed by atoms with E-state index < -0.39 is 10.2 Å². The van der Waals surface area contributed by atoms with Crippen molar-refractivity contribution in [1.82, 2.24) is 4.31 Å². The highest BCUT2D eigenvalue weighted by atomic mass is 79.9. The quantitative estimate of drug-likeness (QED) is 0.861. The molecule has 0 aliphatic carbocycles. The minimum absolute atomic E-state index is 0.132. The molecule has 7 heteroatoms. The Labute approximate surface area is 128 Å². The zero-order valence-electron chi connectivity index (χ0n) is 11.3. The van der Waals surface area contributed by atoms with Gasteiger partial charge in [-0.25, -0.2) is 0 Å². The van der Waals surface area contributed by atoms with Crippen molar-refractivity contribution in [1.29, 1.82) is 0 Å². The van der Waals surface area contributed by atoms with Crippen LogP contribution < -0.4 is 4.72 Å². The van der Waals surface area contributed by atoms with Gasteiger partial charge in [-0.2, -0.15) is 12.7 Å². The molecule has 1 aliphatic heterocycles. The number of halogens is 1. The van der Waals surface area contributed by atoms with Gasteiger partial charge in [0.15, 0.2) is 0 Å². The summed E-state index contributed by atoms with van der Waals surface area (Å²) in [6.45, 7) is 2.95. The number of anilines is 1. The van der Waals surface area contributed by atoms with Crippen LogP contribution >= 0.6 is 15.9 Å². The van der Waals surface area contributed by atoms with Crippen molar-refractivity contribution in [2.24, 2.45) is 5.92 Å². The van der Waals surface area contributed by atoms with Crippen LogP contribution in [0.25, 0.3) is 0 Å². The van der Waals surface area contributed by atoms with Crippen LogP contribution in [0.4, 0.5) is 5.69 Å². The minimum atomic E-state index is -3.51. The standard InChI is InChI=1S/C13H19BrN2O3S/c1-10-8-12(2-3-13(10)14)15-20(18,19)16-6-4-11(9-17)5-7-16/h2-3,8,11,15,17H,4-7,9H2,1H3. The molecule has 1 aliphatic rings. The van der Waals surface area contributed by atoms with Crippen LogP contribution in [-0.2, 0) is 10.2 Å². The Kier molecular flexibility index (Phi) is 5.06. The SMILES string of the molecule is Cc1cc(NS(=O)(=O)N2CCC(CO)CC2)ccc1Br. The molecule has 2 N–H and O–H groups in total. The van der Waals surface area contributed by atoms with Crippen LogP contribution in [0.1, 0.15) is 18.4 Å². The van der Waals surface area contributed by atoms with Crippen molar-refractivity contribution >= 4 is 31.8 Å². The molecule has 5 nitrogen and oxygen atoms in total. The zero-order valence-corrected chi connectivity index (χ0v) is 13.7. The second kappa shape index (κ2) is 6.43. The Bertz CT molecular complexity index is 569. The van der Waals surface area contributed by atoms with Crippen molar-refractivity contribution in [2.75, 3.05) is 24.4 Å². The fourth-order valence-corrected chi connectivity index (χ4v) is 3.75. The Morgan fingerprint density at radius 1 is 1.40 bits per heavy atom. The molecule has 1 saturated heterocycles. The number of aryl methyl sites for hydroxylation is 1. The number of rotatable bonds is 4. The number of nitrogens with one attached hydrogen (secondary N) is 1. The highest BCUT2D eigenvalue weighted by Gasteiger charge is 2.27. The van der Waals surface area contributed by atoms with Crippen LogP contribution in [0, 0.1) is 12.8 Å². The summed E-state index contributed by atoms with van der Waals surface area (Å²) in [7, 11) is -3.51. The summed E-state index contributed by atoms with van der Waals surface area (Å²) < 4.78 is 29.6. The first-order chi connectivity index (χ1) is 9.42. The molecule has 1 fully saturated rings. The lowest BCUT2D eigenvalue weighted by Gasteiger charge is -2.30. The van der Waals surface area contributed by atoms with Crippen LogP contribution in [-0.4, -0.2) is 37.5 Å². The van der Waals surface area contributed by atoms with E-state index in [1.54, 1.807) is 12.1 Å². The number of piperidine rings is 1. The molecule has 0 radical (unpaired) electrons. The zero-order chi connectivity index (χ0) is 14.8. The lowest BCUT2D eigenvalue weighted by Crippen LogP contribution is -2.42. The minimum Gasteiger partial charge on any atom is -0.396 e. The average Bonchev–Trinajstić information content (AvgIpc) is 2.43. The molecule has 1 heterocycles. The predicted octanol–water partition coefficient (Wildman–Crippen LogP) is 2.12. The van der Waals surface area contributed by atoms with Crippen molar-refractivity contribution < 1.29 is 13.5 Å². The van der Waals surface area contributed by atoms with E-state index >= 15 is 0 Å². The molecule has 0 atom stereocenters. The third-order valence-electron chi connectivity index (χ3n) is 3.58. The first-order valence-corrected chi connectivity index (χ1v) is 8.80. The van der Waals surface area contributed by atoms with Crippen molar-refractivity contribution in [3.63, 3.8) is 0 Å². The van der Waals surface area contributed by atoms with Crippen LogP contribution in [0.15, 0.2) is 22.7 Å². The monoisotopic (exact) mass is 362 g/mol. The topological polar surface area (TPSA) is 69.6 Å². The first kappa shape index (κ1) is 15.8. The third kappa shape index (κ3) is 3.72. The van der Waals surface area contributed by atoms with E-state index in [0.29, 0.717) is 31.6 Å². The highest BCUT2D eigenvalue weighted by molar-refractivity contribution is 9.10. The largest absolute Gasteiger partial charge is 0.396 e. The molecular weight excluding hydrogens is 344 g/mol. The molecule has 1 aromatic carbocycles. The number of aliphatic hydroxyl groups is 1. The number of aliphatic hydroxyl groups excluding tert-OH is 1. The van der Waals surface area contributed by atoms with E-state index in [2.05, 4.69) is 20.7 Å². The molecule has 0 aromatic heterocycles. The van der Waals surface area contributed by atoms with Gasteiger partial charge in [0, 0.05) is 24.2 Å². The summed E-state index contributed by atoms with van der Waals surface area (Å²) in [5, 5.41) is 9.08. The summed E-state index contributed by atoms with van der Waals surface area (Å²) in [5.74, 6) is 0.219. The Balaban J connectivity index is 2.05. The predicted molar refractivity (Wildman–Crippen MR) is 82.8 cm³/mol. The molecule has 2 rings (SSSR count). The van der Waals surface area contributed by atoms with E-state index in [1.165, 1.54) is 4.31 Å². The lowest BCUT2D eigenvalue weighted by molar-refractivity contribution is 0.170. The molecular formula is C13H19BrN2O3S. The number of benzene rings is 1. The van der Waals surface area contributed by atoms with Gasteiger partial charge >= 0.3 is 10.2 Å². The maximum absolute atomic E-state index is 12.3. The molecule has 0 saturated carbocycles. The van der Waals surface area contributed by atoms with E-state index in [1.807, 2.05) is 13.0 Å². The second-order valence-corrected chi connectivity index (χ2v) is 7.62. The van der Waals surface area contributed by atoms with Gasteiger partial charge in [0.2, 0.25) is 0 Å². The molecule has 0 spiro atoms. The first-order valence-electron chi connectivity index (χ1n) is 6.57.